The summed E-state index contributed by atoms with van der Waals surface area (Å²) in [5.74, 6) is 0.0384. The number of nitrogens with zero attached hydrogens (tertiary/aromatic N) is 2. The highest BCUT2D eigenvalue weighted by atomic mass is 32.2. The number of aromatic nitrogens is 2. The van der Waals surface area contributed by atoms with Gasteiger partial charge in [0.15, 0.2) is 0 Å². The van der Waals surface area contributed by atoms with Gasteiger partial charge in [-0.25, -0.2) is 4.79 Å². The molecule has 0 aliphatic heterocycles. The number of benzene rings is 2. The monoisotopic (exact) mass is 575 g/mol. The van der Waals surface area contributed by atoms with E-state index < -0.39 is 24.0 Å². The standard InChI is InChI=1S/C33H41N3O4S/c1-22-8-6-7-11-26(22)29-20-24(12-13-28(29)32(38)36-30(33(39)40)17-19-41-2)31(37)15-14-27(23-9-4-3-5-10-23)25-16-18-34-35-21-25/h6-8,11-13,16,18,20-21,23,27,30-31,37H,3-5,9-10,14-15,17,19H2,1-2H3,(H,36,38)(H,39,40)/t27?,30-,31?/m0/s1. The molecule has 3 N–H and O–H groups in total. The number of nitrogens with one attached hydrogen (secondary N) is 1. The van der Waals surface area contributed by atoms with Gasteiger partial charge in [0.05, 0.1) is 12.3 Å². The highest BCUT2D eigenvalue weighted by molar-refractivity contribution is 7.98. The first-order valence-corrected chi connectivity index (χ1v) is 16.0. The zero-order valence-corrected chi connectivity index (χ0v) is 24.8. The van der Waals surface area contributed by atoms with Crippen molar-refractivity contribution in [2.45, 2.75) is 76.4 Å². The molecule has 2 unspecified atom stereocenters. The Morgan fingerprint density at radius 2 is 1.76 bits per heavy atom. The zero-order valence-electron chi connectivity index (χ0n) is 24.0. The van der Waals surface area contributed by atoms with E-state index in [-0.39, 0.29) is 0 Å². The largest absolute Gasteiger partial charge is 0.480 e. The first-order chi connectivity index (χ1) is 19.9. The fourth-order valence-corrected chi connectivity index (χ4v) is 6.50. The molecule has 4 rings (SSSR count). The molecule has 1 heterocycles. The molecule has 218 valence electrons. The predicted molar refractivity (Wildman–Crippen MR) is 164 cm³/mol. The third-order valence-electron chi connectivity index (χ3n) is 8.33. The molecule has 0 saturated heterocycles. The van der Waals surface area contributed by atoms with Crippen LogP contribution in [0.1, 0.15) is 90.4 Å². The minimum absolute atomic E-state index is 0.315. The second-order valence-corrected chi connectivity index (χ2v) is 12.0. The van der Waals surface area contributed by atoms with Gasteiger partial charge in [-0.3, -0.25) is 4.79 Å². The number of aliphatic hydroxyl groups is 1. The Labute approximate surface area is 247 Å². The summed E-state index contributed by atoms with van der Waals surface area (Å²) in [7, 11) is 0. The molecule has 1 fully saturated rings. The van der Waals surface area contributed by atoms with E-state index in [9.17, 15) is 19.8 Å². The number of aryl methyl sites for hydroxylation is 1. The number of thioether (sulfide) groups is 1. The first kappa shape index (κ1) is 30.7. The smallest absolute Gasteiger partial charge is 0.326 e. The van der Waals surface area contributed by atoms with Gasteiger partial charge in [0.2, 0.25) is 0 Å². The van der Waals surface area contributed by atoms with Gasteiger partial charge in [0, 0.05) is 11.8 Å². The van der Waals surface area contributed by atoms with E-state index in [2.05, 4.69) is 15.5 Å². The molecule has 2 aromatic carbocycles. The minimum Gasteiger partial charge on any atom is -0.480 e. The van der Waals surface area contributed by atoms with Crippen LogP contribution in [-0.2, 0) is 4.79 Å². The quantitative estimate of drug-likeness (QED) is 0.211. The van der Waals surface area contributed by atoms with Gasteiger partial charge in [-0.2, -0.15) is 22.0 Å². The van der Waals surface area contributed by atoms with Crippen LogP contribution in [0.15, 0.2) is 60.9 Å². The summed E-state index contributed by atoms with van der Waals surface area (Å²) in [6.45, 7) is 1.98. The summed E-state index contributed by atoms with van der Waals surface area (Å²) in [4.78, 5) is 25.2. The van der Waals surface area contributed by atoms with Crippen molar-refractivity contribution in [3.63, 3.8) is 0 Å². The molecule has 3 aromatic rings. The summed E-state index contributed by atoms with van der Waals surface area (Å²) in [6, 6.07) is 14.3. The number of amides is 1. The van der Waals surface area contributed by atoms with Crippen LogP contribution in [0.2, 0.25) is 0 Å². The van der Waals surface area contributed by atoms with Crippen molar-refractivity contribution in [1.29, 1.82) is 0 Å². The summed E-state index contributed by atoms with van der Waals surface area (Å²) in [6.07, 6.45) is 12.7. The van der Waals surface area contributed by atoms with Crippen LogP contribution in [0.5, 0.6) is 0 Å². The molecule has 1 amide bonds. The van der Waals surface area contributed by atoms with Crippen molar-refractivity contribution in [2.75, 3.05) is 12.0 Å². The molecule has 1 aromatic heterocycles. The average Bonchev–Trinajstić information content (AvgIpc) is 3.00. The lowest BCUT2D eigenvalue weighted by molar-refractivity contribution is -0.139. The van der Waals surface area contributed by atoms with Crippen LogP contribution in [0.3, 0.4) is 0 Å². The van der Waals surface area contributed by atoms with Crippen molar-refractivity contribution >= 4 is 23.6 Å². The van der Waals surface area contributed by atoms with Crippen LogP contribution in [0.4, 0.5) is 0 Å². The Morgan fingerprint density at radius 3 is 2.44 bits per heavy atom. The van der Waals surface area contributed by atoms with Crippen LogP contribution in [0.25, 0.3) is 11.1 Å². The fourth-order valence-electron chi connectivity index (χ4n) is 6.03. The second-order valence-electron chi connectivity index (χ2n) is 11.0. The van der Waals surface area contributed by atoms with E-state index in [0.29, 0.717) is 41.6 Å². The van der Waals surface area contributed by atoms with Crippen LogP contribution in [-0.4, -0.2) is 50.3 Å². The van der Waals surface area contributed by atoms with E-state index in [0.717, 1.165) is 23.1 Å². The molecule has 7 nitrogen and oxygen atoms in total. The van der Waals surface area contributed by atoms with Gasteiger partial charge in [-0.15, -0.1) is 0 Å². The van der Waals surface area contributed by atoms with E-state index in [1.54, 1.807) is 30.1 Å². The Balaban J connectivity index is 1.59. The van der Waals surface area contributed by atoms with Gasteiger partial charge in [-0.05, 0) is 109 Å². The van der Waals surface area contributed by atoms with Crippen LogP contribution < -0.4 is 5.32 Å². The molecule has 1 aliphatic rings. The summed E-state index contributed by atoms with van der Waals surface area (Å²) < 4.78 is 0. The van der Waals surface area contributed by atoms with Crippen molar-refractivity contribution in [3.05, 3.63) is 83.2 Å². The number of aliphatic carboxylic acids is 1. The average molecular weight is 576 g/mol. The van der Waals surface area contributed by atoms with Gasteiger partial charge in [0.25, 0.3) is 5.91 Å². The minimum atomic E-state index is -1.05. The number of carboxylic acids is 1. The topological polar surface area (TPSA) is 112 Å². The number of rotatable bonds is 13. The molecule has 0 spiro atoms. The Bertz CT molecular complexity index is 1300. The van der Waals surface area contributed by atoms with Crippen molar-refractivity contribution in [2.24, 2.45) is 5.92 Å². The van der Waals surface area contributed by atoms with Gasteiger partial charge in [0.1, 0.15) is 6.04 Å². The zero-order chi connectivity index (χ0) is 29.2. The lowest BCUT2D eigenvalue weighted by Gasteiger charge is -2.31. The predicted octanol–water partition coefficient (Wildman–Crippen LogP) is 6.57. The van der Waals surface area contributed by atoms with Crippen molar-refractivity contribution in [1.82, 2.24) is 15.5 Å². The van der Waals surface area contributed by atoms with Crippen LogP contribution >= 0.6 is 11.8 Å². The molecule has 0 bridgehead atoms. The molecular weight excluding hydrogens is 534 g/mol. The molecule has 1 saturated carbocycles. The van der Waals surface area contributed by atoms with E-state index in [4.69, 9.17) is 0 Å². The number of carbonyl (C=O) groups excluding carboxylic acids is 1. The maximum atomic E-state index is 13.4. The molecule has 8 heteroatoms. The SMILES string of the molecule is CSCC[C@H](NC(=O)c1ccc(C(O)CCC(c2ccnnc2)C2CCCCC2)cc1-c1ccccc1C)C(=O)O. The number of hydrogen-bond donors (Lipinski definition) is 3. The van der Waals surface area contributed by atoms with E-state index in [1.165, 1.54) is 37.7 Å². The highest BCUT2D eigenvalue weighted by Gasteiger charge is 2.27. The summed E-state index contributed by atoms with van der Waals surface area (Å²) >= 11 is 1.54. The van der Waals surface area contributed by atoms with Crippen molar-refractivity contribution < 1.29 is 19.8 Å². The Morgan fingerprint density at radius 1 is 0.976 bits per heavy atom. The summed E-state index contributed by atoms with van der Waals surface area (Å²) in [5.41, 5.74) is 4.88. The maximum Gasteiger partial charge on any atom is 0.326 e. The second kappa shape index (κ2) is 15.1. The highest BCUT2D eigenvalue weighted by Crippen LogP contribution is 2.40. The van der Waals surface area contributed by atoms with Crippen molar-refractivity contribution in [3.8, 4) is 11.1 Å². The fraction of sp³-hybridized carbons (Fsp3) is 0.455. The third kappa shape index (κ3) is 8.17. The van der Waals surface area contributed by atoms with Gasteiger partial charge in [-0.1, -0.05) is 49.6 Å². The Kier molecular flexibility index (Phi) is 11.3. The molecule has 41 heavy (non-hydrogen) atoms. The molecular formula is C33H41N3O4S. The number of carbonyl (C=O) groups is 2. The summed E-state index contributed by atoms with van der Waals surface area (Å²) in [5, 5.41) is 31.9. The number of aliphatic hydroxyl groups excluding tert-OH is 1. The molecule has 1 aliphatic carbocycles. The lowest BCUT2D eigenvalue weighted by Crippen LogP contribution is -2.41. The van der Waals surface area contributed by atoms with Crippen LogP contribution in [0, 0.1) is 12.8 Å². The molecule has 3 atom stereocenters. The van der Waals surface area contributed by atoms with E-state index >= 15 is 0 Å². The number of hydrogen-bond acceptors (Lipinski definition) is 6. The Hall–Kier alpha value is -3.23. The van der Waals surface area contributed by atoms with Gasteiger partial charge >= 0.3 is 5.97 Å². The third-order valence-corrected chi connectivity index (χ3v) is 8.97. The molecule has 0 radical (unpaired) electrons. The van der Waals surface area contributed by atoms with E-state index in [1.807, 2.05) is 55.8 Å². The number of carboxylic acid groups (broad SMARTS) is 1. The van der Waals surface area contributed by atoms with Gasteiger partial charge < -0.3 is 15.5 Å². The first-order valence-electron chi connectivity index (χ1n) is 14.6. The maximum absolute atomic E-state index is 13.4. The normalized spacial score (nSPS) is 16.1. The lowest BCUT2D eigenvalue weighted by atomic mass is 9.75.